The molecule has 2 aliphatic heterocycles. The van der Waals surface area contributed by atoms with E-state index in [4.69, 9.17) is 10.5 Å². The molecule has 0 aromatic heterocycles. The van der Waals surface area contributed by atoms with Gasteiger partial charge in [-0.1, -0.05) is 48.5 Å². The summed E-state index contributed by atoms with van der Waals surface area (Å²) in [6.07, 6.45) is 3.76. The second-order valence-electron chi connectivity index (χ2n) is 7.83. The molecule has 2 atom stereocenters. The molecule has 0 radical (unpaired) electrons. The van der Waals surface area contributed by atoms with Gasteiger partial charge in [0.05, 0.1) is 0 Å². The van der Waals surface area contributed by atoms with E-state index in [2.05, 4.69) is 48.5 Å². The van der Waals surface area contributed by atoms with E-state index >= 15 is 0 Å². The molecule has 1 aliphatic carbocycles. The molecule has 2 unspecified atom stereocenters. The summed E-state index contributed by atoms with van der Waals surface area (Å²) in [5.41, 5.74) is 11.1. The third-order valence-corrected chi connectivity index (χ3v) is 6.32. The summed E-state index contributed by atoms with van der Waals surface area (Å²) in [6, 6.07) is 17.6. The Balaban J connectivity index is 1.35. The summed E-state index contributed by atoms with van der Waals surface area (Å²) < 4.78 is 5.84. The third kappa shape index (κ3) is 2.43. The number of nitrogens with two attached hydrogens (primary N) is 1. The Morgan fingerprint density at radius 3 is 2.08 bits per heavy atom. The van der Waals surface area contributed by atoms with Crippen LogP contribution in [0.4, 0.5) is 4.79 Å². The monoisotopic (exact) mass is 348 g/mol. The van der Waals surface area contributed by atoms with Crippen molar-refractivity contribution in [3.63, 3.8) is 0 Å². The minimum atomic E-state index is -0.161. The normalized spacial score (nSPS) is 26.5. The average molecular weight is 348 g/mol. The van der Waals surface area contributed by atoms with Gasteiger partial charge in [0, 0.05) is 24.0 Å². The molecule has 2 aromatic rings. The van der Waals surface area contributed by atoms with Crippen molar-refractivity contribution in [1.29, 1.82) is 0 Å². The smallest absolute Gasteiger partial charge is 0.410 e. The second-order valence-corrected chi connectivity index (χ2v) is 7.83. The lowest BCUT2D eigenvalue weighted by Gasteiger charge is -2.37. The first-order chi connectivity index (χ1) is 12.7. The molecule has 4 heteroatoms. The lowest BCUT2D eigenvalue weighted by Crippen LogP contribution is -2.50. The van der Waals surface area contributed by atoms with Crippen LogP contribution in [0, 0.1) is 0 Å². The largest absolute Gasteiger partial charge is 0.448 e. The van der Waals surface area contributed by atoms with Gasteiger partial charge in [0.2, 0.25) is 0 Å². The molecule has 2 saturated heterocycles. The molecule has 1 amide bonds. The van der Waals surface area contributed by atoms with Gasteiger partial charge in [-0.05, 0) is 47.9 Å². The van der Waals surface area contributed by atoms with E-state index in [0.717, 1.165) is 25.7 Å². The van der Waals surface area contributed by atoms with Gasteiger partial charge in [-0.3, -0.25) is 0 Å². The minimum absolute atomic E-state index is 0.121. The molecule has 2 fully saturated rings. The van der Waals surface area contributed by atoms with Gasteiger partial charge in [0.1, 0.15) is 6.61 Å². The second kappa shape index (κ2) is 6.13. The maximum Gasteiger partial charge on any atom is 0.410 e. The van der Waals surface area contributed by atoms with Crippen molar-refractivity contribution in [2.45, 2.75) is 49.7 Å². The number of fused-ring (bicyclic) bond motifs is 5. The summed E-state index contributed by atoms with van der Waals surface area (Å²) >= 11 is 0. The van der Waals surface area contributed by atoms with Crippen LogP contribution in [0.3, 0.4) is 0 Å². The maximum absolute atomic E-state index is 12.8. The number of ether oxygens (including phenoxy) is 1. The molecule has 26 heavy (non-hydrogen) atoms. The molecule has 0 saturated carbocycles. The molecule has 2 heterocycles. The van der Waals surface area contributed by atoms with E-state index < -0.39 is 0 Å². The highest BCUT2D eigenvalue weighted by molar-refractivity contribution is 5.79. The minimum Gasteiger partial charge on any atom is -0.448 e. The van der Waals surface area contributed by atoms with Crippen molar-refractivity contribution < 1.29 is 9.53 Å². The van der Waals surface area contributed by atoms with E-state index in [9.17, 15) is 4.79 Å². The average Bonchev–Trinajstić information content (AvgIpc) is 3.12. The lowest BCUT2D eigenvalue weighted by atomic mass is 9.98. The first kappa shape index (κ1) is 15.9. The molecular weight excluding hydrogens is 324 g/mol. The quantitative estimate of drug-likeness (QED) is 0.896. The van der Waals surface area contributed by atoms with Crippen LogP contribution in [-0.2, 0) is 4.74 Å². The Kier molecular flexibility index (Phi) is 3.75. The number of carbonyl (C=O) groups excluding carboxylic acids is 1. The Hall–Kier alpha value is -2.33. The Bertz CT molecular complexity index is 790. The zero-order valence-electron chi connectivity index (χ0n) is 14.8. The van der Waals surface area contributed by atoms with Gasteiger partial charge in [-0.2, -0.15) is 0 Å². The van der Waals surface area contributed by atoms with Gasteiger partial charge in [-0.25, -0.2) is 4.79 Å². The molecule has 4 nitrogen and oxygen atoms in total. The Morgan fingerprint density at radius 2 is 1.50 bits per heavy atom. The number of amides is 1. The Morgan fingerprint density at radius 1 is 0.962 bits per heavy atom. The molecule has 2 aromatic carbocycles. The van der Waals surface area contributed by atoms with Crippen LogP contribution in [0.5, 0.6) is 0 Å². The van der Waals surface area contributed by atoms with Crippen LogP contribution in [0.1, 0.15) is 42.7 Å². The van der Waals surface area contributed by atoms with Crippen LogP contribution < -0.4 is 5.73 Å². The van der Waals surface area contributed by atoms with Crippen molar-refractivity contribution in [3.8, 4) is 11.1 Å². The van der Waals surface area contributed by atoms with Crippen LogP contribution in [0.2, 0.25) is 0 Å². The highest BCUT2D eigenvalue weighted by Gasteiger charge is 2.43. The zero-order chi connectivity index (χ0) is 17.7. The fraction of sp³-hybridized carbons (Fsp3) is 0.409. The van der Waals surface area contributed by atoms with E-state index in [0.29, 0.717) is 6.61 Å². The number of piperidine rings is 1. The first-order valence-electron chi connectivity index (χ1n) is 9.61. The fourth-order valence-corrected chi connectivity index (χ4v) is 5.19. The van der Waals surface area contributed by atoms with Gasteiger partial charge in [0.25, 0.3) is 0 Å². The van der Waals surface area contributed by atoms with Crippen LogP contribution in [0.15, 0.2) is 48.5 Å². The molecule has 3 aliphatic rings. The maximum atomic E-state index is 12.8. The zero-order valence-corrected chi connectivity index (χ0v) is 14.8. The highest BCUT2D eigenvalue weighted by atomic mass is 16.6. The lowest BCUT2D eigenvalue weighted by molar-refractivity contribution is 0.0644. The fourth-order valence-electron chi connectivity index (χ4n) is 5.19. The number of nitrogens with zero attached hydrogens (tertiary/aromatic N) is 1. The summed E-state index contributed by atoms with van der Waals surface area (Å²) in [6.45, 7) is 0.398. The van der Waals surface area contributed by atoms with Crippen LogP contribution in [-0.4, -0.2) is 35.7 Å². The molecular formula is C22H24N2O2. The predicted molar refractivity (Wildman–Crippen MR) is 101 cm³/mol. The van der Waals surface area contributed by atoms with Crippen molar-refractivity contribution in [3.05, 3.63) is 59.7 Å². The molecule has 134 valence electrons. The summed E-state index contributed by atoms with van der Waals surface area (Å²) in [5.74, 6) is 0.121. The summed E-state index contributed by atoms with van der Waals surface area (Å²) in [5, 5.41) is 0. The van der Waals surface area contributed by atoms with E-state index in [1.165, 1.54) is 22.3 Å². The first-order valence-corrected chi connectivity index (χ1v) is 9.61. The molecule has 5 rings (SSSR count). The topological polar surface area (TPSA) is 55.6 Å². The molecule has 0 spiro atoms. The SMILES string of the molecule is NC1CC2CCC(C1)N2C(=O)OCC1c2ccccc2-c2ccccc21. The predicted octanol–water partition coefficient (Wildman–Crippen LogP) is 3.89. The highest BCUT2D eigenvalue weighted by Crippen LogP contribution is 2.44. The number of hydrogen-bond acceptors (Lipinski definition) is 3. The van der Waals surface area contributed by atoms with Crippen molar-refractivity contribution in [2.24, 2.45) is 5.73 Å². The Labute approximate surface area is 153 Å². The van der Waals surface area contributed by atoms with E-state index in [-0.39, 0.29) is 30.1 Å². The van der Waals surface area contributed by atoms with E-state index in [1.807, 2.05) is 4.90 Å². The van der Waals surface area contributed by atoms with E-state index in [1.54, 1.807) is 0 Å². The van der Waals surface area contributed by atoms with Crippen molar-refractivity contribution in [2.75, 3.05) is 6.61 Å². The van der Waals surface area contributed by atoms with Gasteiger partial charge >= 0.3 is 6.09 Å². The van der Waals surface area contributed by atoms with Gasteiger partial charge in [-0.15, -0.1) is 0 Å². The number of rotatable bonds is 2. The van der Waals surface area contributed by atoms with Crippen molar-refractivity contribution in [1.82, 2.24) is 4.90 Å². The number of benzene rings is 2. The van der Waals surface area contributed by atoms with Crippen molar-refractivity contribution >= 4 is 6.09 Å². The summed E-state index contributed by atoms with van der Waals surface area (Å²) in [7, 11) is 0. The molecule has 2 N–H and O–H groups in total. The number of carbonyl (C=O) groups is 1. The standard InChI is InChI=1S/C22H24N2O2/c23-14-11-15-9-10-16(12-14)24(15)22(25)26-13-21-19-7-3-1-5-17(19)18-6-2-4-8-20(18)21/h1-8,14-16,21H,9-13,23H2. The van der Waals surface area contributed by atoms with Gasteiger partial charge in [0.15, 0.2) is 0 Å². The number of hydrogen-bond donors (Lipinski definition) is 1. The third-order valence-electron chi connectivity index (χ3n) is 6.32. The van der Waals surface area contributed by atoms with Crippen LogP contribution in [0.25, 0.3) is 11.1 Å². The van der Waals surface area contributed by atoms with Crippen LogP contribution >= 0.6 is 0 Å². The molecule has 2 bridgehead atoms. The van der Waals surface area contributed by atoms with Gasteiger partial charge < -0.3 is 15.4 Å². The summed E-state index contributed by atoms with van der Waals surface area (Å²) in [4.78, 5) is 14.8.